The molecule has 6 nitrogen and oxygen atoms in total. The summed E-state index contributed by atoms with van der Waals surface area (Å²) in [6.07, 6.45) is 1.03. The van der Waals surface area contributed by atoms with E-state index in [0.717, 1.165) is 6.26 Å². The molecule has 8 heteroatoms. The average Bonchev–Trinajstić information content (AvgIpc) is 2.36. The number of hydrogen-bond donors (Lipinski definition) is 2. The normalized spacial score (nSPS) is 13.1. The Balaban J connectivity index is 2.61. The molecule has 1 aromatic carbocycles. The highest BCUT2D eigenvalue weighted by Gasteiger charge is 2.22. The van der Waals surface area contributed by atoms with Gasteiger partial charge >= 0.3 is 0 Å². The van der Waals surface area contributed by atoms with Crippen LogP contribution in [0, 0.1) is 0 Å². The maximum atomic E-state index is 12.1. The van der Waals surface area contributed by atoms with Crippen LogP contribution in [-0.2, 0) is 9.84 Å². The Bertz CT molecular complexity index is 845. The van der Waals surface area contributed by atoms with Crippen LogP contribution in [0.2, 0.25) is 5.02 Å². The lowest BCUT2D eigenvalue weighted by atomic mass is 10.1. The van der Waals surface area contributed by atoms with Gasteiger partial charge in [-0.15, -0.1) is 0 Å². The minimum atomic E-state index is -3.44. The number of nitrogens with zero attached hydrogens (tertiary/aromatic N) is 1. The average molecular weight is 329 g/mol. The van der Waals surface area contributed by atoms with Crippen LogP contribution in [0.15, 0.2) is 29.1 Å². The lowest BCUT2D eigenvalue weighted by molar-refractivity contribution is 0.449. The van der Waals surface area contributed by atoms with E-state index in [2.05, 4.69) is 9.97 Å². The molecule has 0 amide bonds. The second-order valence-electron chi connectivity index (χ2n) is 4.63. The predicted octanol–water partition coefficient (Wildman–Crippen LogP) is 1.90. The van der Waals surface area contributed by atoms with E-state index in [9.17, 15) is 18.3 Å². The SMILES string of the molecule is CC(c1nc(O)c(-c2cccc(Cl)c2)c(=O)[nH]1)S(C)(=O)=O. The molecule has 2 rings (SSSR count). The van der Waals surface area contributed by atoms with Crippen molar-refractivity contribution in [3.8, 4) is 17.0 Å². The maximum Gasteiger partial charge on any atom is 0.262 e. The van der Waals surface area contributed by atoms with Crippen LogP contribution in [0.3, 0.4) is 0 Å². The van der Waals surface area contributed by atoms with Crippen molar-refractivity contribution in [3.05, 3.63) is 45.5 Å². The molecule has 0 saturated heterocycles. The molecule has 0 bridgehead atoms. The second kappa shape index (κ2) is 5.50. The van der Waals surface area contributed by atoms with Gasteiger partial charge in [0.2, 0.25) is 5.88 Å². The number of aromatic hydroxyl groups is 1. The van der Waals surface area contributed by atoms with Crippen molar-refractivity contribution in [2.24, 2.45) is 0 Å². The lowest BCUT2D eigenvalue weighted by Gasteiger charge is -2.10. The Morgan fingerprint density at radius 3 is 2.57 bits per heavy atom. The number of benzene rings is 1. The first-order valence-electron chi connectivity index (χ1n) is 5.98. The summed E-state index contributed by atoms with van der Waals surface area (Å²) in [7, 11) is -3.44. The zero-order valence-corrected chi connectivity index (χ0v) is 12.9. The van der Waals surface area contributed by atoms with E-state index < -0.39 is 26.5 Å². The van der Waals surface area contributed by atoms with Gasteiger partial charge in [0.05, 0.1) is 0 Å². The van der Waals surface area contributed by atoms with Gasteiger partial charge in [-0.05, 0) is 24.6 Å². The van der Waals surface area contributed by atoms with Crippen LogP contribution in [0.25, 0.3) is 11.1 Å². The number of hydrogen-bond acceptors (Lipinski definition) is 5. The van der Waals surface area contributed by atoms with Gasteiger partial charge < -0.3 is 10.1 Å². The highest BCUT2D eigenvalue weighted by atomic mass is 35.5. The van der Waals surface area contributed by atoms with Gasteiger partial charge in [0.25, 0.3) is 5.56 Å². The Morgan fingerprint density at radius 2 is 2.05 bits per heavy atom. The van der Waals surface area contributed by atoms with Crippen molar-refractivity contribution in [3.63, 3.8) is 0 Å². The molecule has 21 heavy (non-hydrogen) atoms. The number of rotatable bonds is 3. The quantitative estimate of drug-likeness (QED) is 0.896. The van der Waals surface area contributed by atoms with Crippen molar-refractivity contribution in [1.29, 1.82) is 0 Å². The van der Waals surface area contributed by atoms with Gasteiger partial charge in [0.1, 0.15) is 16.6 Å². The molecule has 2 aromatic rings. The molecular formula is C13H13ClN2O4S. The molecule has 0 radical (unpaired) electrons. The van der Waals surface area contributed by atoms with Crippen molar-refractivity contribution in [2.75, 3.05) is 6.26 Å². The highest BCUT2D eigenvalue weighted by Crippen LogP contribution is 2.27. The summed E-state index contributed by atoms with van der Waals surface area (Å²) in [5.41, 5.74) is -0.287. The maximum absolute atomic E-state index is 12.1. The molecule has 0 aliphatic rings. The summed E-state index contributed by atoms with van der Waals surface area (Å²) in [5.74, 6) is -0.641. The molecule has 1 unspecified atom stereocenters. The molecule has 0 aliphatic carbocycles. The van der Waals surface area contributed by atoms with Crippen molar-refractivity contribution < 1.29 is 13.5 Å². The molecule has 1 aromatic heterocycles. The largest absolute Gasteiger partial charge is 0.493 e. The topological polar surface area (TPSA) is 100 Å². The van der Waals surface area contributed by atoms with Crippen molar-refractivity contribution in [2.45, 2.75) is 12.2 Å². The molecule has 2 N–H and O–H groups in total. The van der Waals surface area contributed by atoms with Gasteiger partial charge in [-0.1, -0.05) is 23.7 Å². The van der Waals surface area contributed by atoms with Gasteiger partial charge in [0.15, 0.2) is 9.84 Å². The van der Waals surface area contributed by atoms with E-state index in [1.165, 1.54) is 13.0 Å². The number of aromatic amines is 1. The van der Waals surface area contributed by atoms with Gasteiger partial charge in [0, 0.05) is 11.3 Å². The third-order valence-electron chi connectivity index (χ3n) is 3.06. The number of nitrogens with one attached hydrogen (secondary N) is 1. The summed E-state index contributed by atoms with van der Waals surface area (Å²) >= 11 is 5.85. The van der Waals surface area contributed by atoms with E-state index in [0.29, 0.717) is 10.6 Å². The number of halogens is 1. The molecule has 0 fully saturated rings. The summed E-state index contributed by atoms with van der Waals surface area (Å²) in [5, 5.41) is 9.34. The summed E-state index contributed by atoms with van der Waals surface area (Å²) in [6.45, 7) is 1.38. The Labute approximate surface area is 126 Å². The molecule has 1 heterocycles. The predicted molar refractivity (Wildman–Crippen MR) is 80.2 cm³/mol. The molecule has 1 atom stereocenters. The van der Waals surface area contributed by atoms with Gasteiger partial charge in [-0.3, -0.25) is 4.79 Å². The van der Waals surface area contributed by atoms with Crippen molar-refractivity contribution in [1.82, 2.24) is 9.97 Å². The standard InChI is InChI=1S/C13H13ClN2O4S/c1-7(21(2,19)20)11-15-12(17)10(13(18)16-11)8-4-3-5-9(14)6-8/h3-7H,1-2H3,(H2,15,16,17,18). The number of H-pyrrole nitrogens is 1. The van der Waals surface area contributed by atoms with Crippen molar-refractivity contribution >= 4 is 21.4 Å². The lowest BCUT2D eigenvalue weighted by Crippen LogP contribution is -2.19. The molecular weight excluding hydrogens is 316 g/mol. The zero-order chi connectivity index (χ0) is 15.8. The Hall–Kier alpha value is -1.86. The fourth-order valence-electron chi connectivity index (χ4n) is 1.78. The Kier molecular flexibility index (Phi) is 4.06. The fourth-order valence-corrected chi connectivity index (χ4v) is 2.49. The monoisotopic (exact) mass is 328 g/mol. The van der Waals surface area contributed by atoms with E-state index in [-0.39, 0.29) is 11.4 Å². The van der Waals surface area contributed by atoms with Crippen LogP contribution in [0.5, 0.6) is 5.88 Å². The fraction of sp³-hybridized carbons (Fsp3) is 0.231. The van der Waals surface area contributed by atoms with Crippen LogP contribution in [0.4, 0.5) is 0 Å². The van der Waals surface area contributed by atoms with Gasteiger partial charge in [-0.25, -0.2) is 8.42 Å². The van der Waals surface area contributed by atoms with Crippen LogP contribution in [0.1, 0.15) is 18.0 Å². The number of sulfone groups is 1. The smallest absolute Gasteiger partial charge is 0.262 e. The highest BCUT2D eigenvalue weighted by molar-refractivity contribution is 7.90. The summed E-state index contributed by atoms with van der Waals surface area (Å²) in [6, 6.07) is 6.36. The summed E-state index contributed by atoms with van der Waals surface area (Å²) < 4.78 is 23.0. The first-order valence-corrected chi connectivity index (χ1v) is 8.31. The van der Waals surface area contributed by atoms with E-state index >= 15 is 0 Å². The first kappa shape index (κ1) is 15.5. The molecule has 0 saturated carbocycles. The van der Waals surface area contributed by atoms with E-state index in [4.69, 9.17) is 11.6 Å². The second-order valence-corrected chi connectivity index (χ2v) is 7.43. The summed E-state index contributed by atoms with van der Waals surface area (Å²) in [4.78, 5) is 18.3. The van der Waals surface area contributed by atoms with E-state index in [1.807, 2.05) is 0 Å². The molecule has 0 spiro atoms. The first-order chi connectivity index (χ1) is 9.70. The third kappa shape index (κ3) is 3.25. The Morgan fingerprint density at radius 1 is 1.38 bits per heavy atom. The molecule has 112 valence electrons. The van der Waals surface area contributed by atoms with Gasteiger partial charge in [-0.2, -0.15) is 4.98 Å². The minimum absolute atomic E-state index is 0.0537. The minimum Gasteiger partial charge on any atom is -0.493 e. The molecule has 0 aliphatic heterocycles. The van der Waals surface area contributed by atoms with Crippen LogP contribution >= 0.6 is 11.6 Å². The third-order valence-corrected chi connectivity index (χ3v) is 4.80. The zero-order valence-electron chi connectivity index (χ0n) is 11.3. The van der Waals surface area contributed by atoms with Crippen LogP contribution in [-0.4, -0.2) is 29.7 Å². The number of aromatic nitrogens is 2. The van der Waals surface area contributed by atoms with E-state index in [1.54, 1.807) is 18.2 Å². The van der Waals surface area contributed by atoms with Crippen LogP contribution < -0.4 is 5.56 Å².